The first-order valence-corrected chi connectivity index (χ1v) is 8.08. The second-order valence-electron chi connectivity index (χ2n) is 5.71. The molecule has 0 aliphatic carbocycles. The minimum Gasteiger partial charge on any atom is -0.339 e. The Labute approximate surface area is 144 Å². The van der Waals surface area contributed by atoms with Crippen LogP contribution in [-0.2, 0) is 18.3 Å². The highest BCUT2D eigenvalue weighted by Gasteiger charge is 2.25. The van der Waals surface area contributed by atoms with Crippen LogP contribution in [0.4, 0.5) is 0 Å². The molecule has 1 fully saturated rings. The molecule has 1 aromatic heterocycles. The molecule has 7 nitrogen and oxygen atoms in total. The standard InChI is InChI=1S/C16H18ClN5O2/c1-20-14(11-18-19-20)10-15(23)21-6-8-22(9-7-21)16(24)12-2-4-13(17)5-3-12/h2-5,11H,6-10H2,1H3. The van der Waals surface area contributed by atoms with Gasteiger partial charge < -0.3 is 9.80 Å². The van der Waals surface area contributed by atoms with E-state index >= 15 is 0 Å². The topological polar surface area (TPSA) is 71.3 Å². The Morgan fingerprint density at radius 2 is 1.71 bits per heavy atom. The van der Waals surface area contributed by atoms with Crippen LogP contribution in [0.5, 0.6) is 0 Å². The molecule has 126 valence electrons. The first kappa shape index (κ1) is 16.4. The van der Waals surface area contributed by atoms with Crippen molar-refractivity contribution in [1.29, 1.82) is 0 Å². The van der Waals surface area contributed by atoms with Crippen molar-refractivity contribution in [3.05, 3.63) is 46.7 Å². The largest absolute Gasteiger partial charge is 0.339 e. The van der Waals surface area contributed by atoms with Crippen LogP contribution >= 0.6 is 11.6 Å². The quantitative estimate of drug-likeness (QED) is 0.830. The Balaban J connectivity index is 1.55. The first-order valence-electron chi connectivity index (χ1n) is 7.71. The third kappa shape index (κ3) is 3.56. The van der Waals surface area contributed by atoms with Crippen molar-refractivity contribution in [3.8, 4) is 0 Å². The number of piperazine rings is 1. The summed E-state index contributed by atoms with van der Waals surface area (Å²) in [5, 5.41) is 8.20. The zero-order valence-corrected chi connectivity index (χ0v) is 14.1. The van der Waals surface area contributed by atoms with Gasteiger partial charge in [0.1, 0.15) is 0 Å². The summed E-state index contributed by atoms with van der Waals surface area (Å²) in [5.74, 6) is -0.00593. The fraction of sp³-hybridized carbons (Fsp3) is 0.375. The van der Waals surface area contributed by atoms with Crippen LogP contribution in [0.1, 0.15) is 16.1 Å². The maximum absolute atomic E-state index is 12.4. The van der Waals surface area contributed by atoms with Crippen molar-refractivity contribution in [1.82, 2.24) is 24.8 Å². The summed E-state index contributed by atoms with van der Waals surface area (Å²) in [6.45, 7) is 2.11. The molecule has 2 amide bonds. The van der Waals surface area contributed by atoms with Crippen molar-refractivity contribution < 1.29 is 9.59 Å². The average molecular weight is 348 g/mol. The molecule has 24 heavy (non-hydrogen) atoms. The smallest absolute Gasteiger partial charge is 0.253 e. The highest BCUT2D eigenvalue weighted by atomic mass is 35.5. The van der Waals surface area contributed by atoms with Gasteiger partial charge in [0.2, 0.25) is 5.91 Å². The molecule has 1 aliphatic heterocycles. The van der Waals surface area contributed by atoms with E-state index in [1.807, 2.05) is 0 Å². The SMILES string of the molecule is Cn1nncc1CC(=O)N1CCN(C(=O)c2ccc(Cl)cc2)CC1. The molecular weight excluding hydrogens is 330 g/mol. The summed E-state index contributed by atoms with van der Waals surface area (Å²) < 4.78 is 1.60. The molecular formula is C16H18ClN5O2. The lowest BCUT2D eigenvalue weighted by atomic mass is 10.1. The van der Waals surface area contributed by atoms with Crippen LogP contribution in [0.2, 0.25) is 5.02 Å². The second-order valence-corrected chi connectivity index (χ2v) is 6.14. The van der Waals surface area contributed by atoms with Gasteiger partial charge in [-0.15, -0.1) is 5.10 Å². The predicted octanol–water partition coefficient (Wildman–Crippen LogP) is 0.996. The van der Waals surface area contributed by atoms with E-state index in [1.54, 1.807) is 52.0 Å². The molecule has 0 bridgehead atoms. The van der Waals surface area contributed by atoms with Gasteiger partial charge >= 0.3 is 0 Å². The van der Waals surface area contributed by atoms with Gasteiger partial charge in [-0.25, -0.2) is 0 Å². The molecule has 0 spiro atoms. The number of halogens is 1. The number of hydrogen-bond acceptors (Lipinski definition) is 4. The van der Waals surface area contributed by atoms with Gasteiger partial charge in [-0.05, 0) is 24.3 Å². The Morgan fingerprint density at radius 1 is 1.08 bits per heavy atom. The van der Waals surface area contributed by atoms with E-state index in [2.05, 4.69) is 10.3 Å². The normalized spacial score (nSPS) is 14.8. The van der Waals surface area contributed by atoms with E-state index < -0.39 is 0 Å². The number of rotatable bonds is 3. The molecule has 2 aromatic rings. The zero-order chi connectivity index (χ0) is 17.1. The maximum atomic E-state index is 12.4. The molecule has 0 unspecified atom stereocenters. The van der Waals surface area contributed by atoms with Crippen LogP contribution < -0.4 is 0 Å². The van der Waals surface area contributed by atoms with Crippen LogP contribution in [-0.4, -0.2) is 62.8 Å². The van der Waals surface area contributed by atoms with E-state index in [-0.39, 0.29) is 18.2 Å². The lowest BCUT2D eigenvalue weighted by Gasteiger charge is -2.34. The molecule has 0 radical (unpaired) electrons. The molecule has 1 aromatic carbocycles. The van der Waals surface area contributed by atoms with Crippen molar-refractivity contribution >= 4 is 23.4 Å². The lowest BCUT2D eigenvalue weighted by Crippen LogP contribution is -2.51. The number of carbonyl (C=O) groups is 2. The second kappa shape index (κ2) is 7.00. The van der Waals surface area contributed by atoms with Crippen LogP contribution in [0.3, 0.4) is 0 Å². The average Bonchev–Trinajstić information content (AvgIpc) is 3.00. The minimum atomic E-state index is -0.0328. The lowest BCUT2D eigenvalue weighted by molar-refractivity contribution is -0.132. The number of amides is 2. The van der Waals surface area contributed by atoms with Crippen LogP contribution in [0.25, 0.3) is 0 Å². The molecule has 3 rings (SSSR count). The highest BCUT2D eigenvalue weighted by molar-refractivity contribution is 6.30. The number of carbonyl (C=O) groups excluding carboxylic acids is 2. The number of benzene rings is 1. The Hall–Kier alpha value is -2.41. The fourth-order valence-electron chi connectivity index (χ4n) is 2.67. The van der Waals surface area contributed by atoms with Gasteiger partial charge in [-0.1, -0.05) is 16.8 Å². The monoisotopic (exact) mass is 347 g/mol. The van der Waals surface area contributed by atoms with Gasteiger partial charge in [-0.3, -0.25) is 14.3 Å². The van der Waals surface area contributed by atoms with E-state index in [0.29, 0.717) is 36.8 Å². The van der Waals surface area contributed by atoms with Gasteiger partial charge in [-0.2, -0.15) is 0 Å². The third-order valence-corrected chi connectivity index (χ3v) is 4.40. The fourth-order valence-corrected chi connectivity index (χ4v) is 2.80. The molecule has 1 saturated heterocycles. The predicted molar refractivity (Wildman–Crippen MR) is 88.6 cm³/mol. The number of aryl methyl sites for hydroxylation is 1. The van der Waals surface area contributed by atoms with Gasteiger partial charge in [0.15, 0.2) is 0 Å². The molecule has 1 aliphatic rings. The summed E-state index contributed by atoms with van der Waals surface area (Å²) in [4.78, 5) is 28.3. The van der Waals surface area contributed by atoms with Crippen molar-refractivity contribution in [2.75, 3.05) is 26.2 Å². The van der Waals surface area contributed by atoms with E-state index in [4.69, 9.17) is 11.6 Å². The van der Waals surface area contributed by atoms with E-state index in [0.717, 1.165) is 5.69 Å². The Morgan fingerprint density at radius 3 is 2.29 bits per heavy atom. The van der Waals surface area contributed by atoms with Gasteiger partial charge in [0.25, 0.3) is 5.91 Å². The Kier molecular flexibility index (Phi) is 4.80. The van der Waals surface area contributed by atoms with Gasteiger partial charge in [0.05, 0.1) is 18.3 Å². The number of nitrogens with zero attached hydrogens (tertiary/aromatic N) is 5. The summed E-state index contributed by atoms with van der Waals surface area (Å²) in [7, 11) is 1.76. The molecule has 2 heterocycles. The summed E-state index contributed by atoms with van der Waals surface area (Å²) in [6.07, 6.45) is 1.87. The molecule has 0 N–H and O–H groups in total. The maximum Gasteiger partial charge on any atom is 0.253 e. The number of aromatic nitrogens is 3. The zero-order valence-electron chi connectivity index (χ0n) is 13.4. The summed E-state index contributed by atoms with van der Waals surface area (Å²) in [5.41, 5.74) is 1.39. The molecule has 8 heteroatoms. The minimum absolute atomic E-state index is 0.0268. The van der Waals surface area contributed by atoms with Crippen molar-refractivity contribution in [3.63, 3.8) is 0 Å². The molecule has 0 saturated carbocycles. The highest BCUT2D eigenvalue weighted by Crippen LogP contribution is 2.13. The van der Waals surface area contributed by atoms with Crippen LogP contribution in [0.15, 0.2) is 30.5 Å². The third-order valence-electron chi connectivity index (χ3n) is 4.15. The van der Waals surface area contributed by atoms with Crippen LogP contribution in [0, 0.1) is 0 Å². The van der Waals surface area contributed by atoms with Crippen molar-refractivity contribution in [2.45, 2.75) is 6.42 Å². The van der Waals surface area contributed by atoms with E-state index in [9.17, 15) is 9.59 Å². The van der Waals surface area contributed by atoms with Gasteiger partial charge in [0, 0.05) is 43.8 Å². The Bertz CT molecular complexity index is 735. The summed E-state index contributed by atoms with van der Waals surface area (Å²) in [6, 6.07) is 6.85. The molecule has 0 atom stereocenters. The summed E-state index contributed by atoms with van der Waals surface area (Å²) >= 11 is 5.85. The number of hydrogen-bond donors (Lipinski definition) is 0. The first-order chi connectivity index (χ1) is 11.5. The van der Waals surface area contributed by atoms with E-state index in [1.165, 1.54) is 0 Å². The van der Waals surface area contributed by atoms with Crippen molar-refractivity contribution in [2.24, 2.45) is 7.05 Å².